The average molecular weight is 541 g/mol. The summed E-state index contributed by atoms with van der Waals surface area (Å²) >= 11 is 0. The van der Waals surface area contributed by atoms with Crippen molar-refractivity contribution in [3.8, 4) is 22.9 Å². The summed E-state index contributed by atoms with van der Waals surface area (Å²) in [5.74, 6) is -1.21. The van der Waals surface area contributed by atoms with Gasteiger partial charge in [0, 0.05) is 31.7 Å². The van der Waals surface area contributed by atoms with Gasteiger partial charge in [0.05, 0.1) is 22.4 Å². The van der Waals surface area contributed by atoms with Crippen LogP contribution in [0.25, 0.3) is 11.3 Å². The summed E-state index contributed by atoms with van der Waals surface area (Å²) in [6.07, 6.45) is -1.56. The molecule has 0 aliphatic carbocycles. The number of ether oxygens (including phenoxy) is 1. The Kier molecular flexibility index (Phi) is 8.05. The van der Waals surface area contributed by atoms with Gasteiger partial charge in [-0.2, -0.15) is 13.2 Å². The first-order valence-electron chi connectivity index (χ1n) is 11.6. The maximum absolute atomic E-state index is 14.7. The van der Waals surface area contributed by atoms with Crippen LogP contribution in [0.1, 0.15) is 21.5 Å². The van der Waals surface area contributed by atoms with Gasteiger partial charge >= 0.3 is 6.18 Å². The number of carbonyl (C=O) groups is 1. The van der Waals surface area contributed by atoms with E-state index in [1.54, 1.807) is 50.4 Å². The molecule has 0 saturated carbocycles. The van der Waals surface area contributed by atoms with Crippen LogP contribution in [-0.4, -0.2) is 46.9 Å². The lowest BCUT2D eigenvalue weighted by Gasteiger charge is -2.17. The normalized spacial score (nSPS) is 11.4. The molecule has 2 aromatic carbocycles. The summed E-state index contributed by atoms with van der Waals surface area (Å²) in [5.41, 5.74) is 0.0207. The Labute approximate surface area is 221 Å². The number of nitrogens with zero attached hydrogens (tertiary/aromatic N) is 4. The summed E-state index contributed by atoms with van der Waals surface area (Å²) < 4.78 is 60.6. The smallest absolute Gasteiger partial charge is 0.416 e. The minimum Gasteiger partial charge on any atom is -0.438 e. The Balaban J connectivity index is 1.64. The zero-order chi connectivity index (χ0) is 28.2. The van der Waals surface area contributed by atoms with Crippen molar-refractivity contribution in [3.63, 3.8) is 0 Å². The number of benzene rings is 2. The largest absolute Gasteiger partial charge is 0.438 e. The van der Waals surface area contributed by atoms with E-state index in [-0.39, 0.29) is 23.9 Å². The van der Waals surface area contributed by atoms with Crippen molar-refractivity contribution < 1.29 is 27.1 Å². The number of rotatable bonds is 8. The van der Waals surface area contributed by atoms with Crippen molar-refractivity contribution in [2.75, 3.05) is 31.8 Å². The third-order valence-electron chi connectivity index (χ3n) is 5.50. The fourth-order valence-electron chi connectivity index (χ4n) is 3.69. The van der Waals surface area contributed by atoms with Gasteiger partial charge in [-0.3, -0.25) is 4.79 Å². The molecule has 2 heterocycles. The van der Waals surface area contributed by atoms with E-state index >= 15 is 0 Å². The Morgan fingerprint density at radius 1 is 1.03 bits per heavy atom. The van der Waals surface area contributed by atoms with Gasteiger partial charge in [0.25, 0.3) is 5.91 Å². The number of halogens is 4. The van der Waals surface area contributed by atoms with E-state index in [1.807, 2.05) is 0 Å². The van der Waals surface area contributed by atoms with Gasteiger partial charge in [0.1, 0.15) is 11.6 Å². The number of pyridine rings is 1. The molecular weight excluding hydrogens is 516 g/mol. The minimum atomic E-state index is -4.62. The Bertz CT molecular complexity index is 1490. The number of aromatic nitrogens is 3. The highest BCUT2D eigenvalue weighted by atomic mass is 19.4. The zero-order valence-corrected chi connectivity index (χ0v) is 21.2. The number of alkyl halides is 3. The Morgan fingerprint density at radius 3 is 2.54 bits per heavy atom. The predicted molar refractivity (Wildman–Crippen MR) is 138 cm³/mol. The van der Waals surface area contributed by atoms with Crippen molar-refractivity contribution in [3.05, 3.63) is 89.5 Å². The fourth-order valence-corrected chi connectivity index (χ4v) is 3.69. The van der Waals surface area contributed by atoms with Gasteiger partial charge in [-0.15, -0.1) is 0 Å². The van der Waals surface area contributed by atoms with Crippen LogP contribution in [0.15, 0.2) is 67.0 Å². The number of nitrogens with one attached hydrogen (secondary N) is 2. The monoisotopic (exact) mass is 540 g/mol. The lowest BCUT2D eigenvalue weighted by Crippen LogP contribution is -2.19. The van der Waals surface area contributed by atoms with Crippen molar-refractivity contribution >= 4 is 17.5 Å². The number of hydrogen-bond donors (Lipinski definition) is 2. The molecule has 0 aliphatic rings. The van der Waals surface area contributed by atoms with Crippen LogP contribution in [0, 0.1) is 5.82 Å². The van der Waals surface area contributed by atoms with Gasteiger partial charge in [0.2, 0.25) is 11.8 Å². The molecule has 2 aromatic heterocycles. The van der Waals surface area contributed by atoms with Crippen LogP contribution in [0.3, 0.4) is 0 Å². The number of anilines is 2. The molecule has 0 atom stereocenters. The first kappa shape index (κ1) is 27.5. The minimum absolute atomic E-state index is 0.0784. The van der Waals surface area contributed by atoms with E-state index in [9.17, 15) is 22.4 Å². The quantitative estimate of drug-likeness (QED) is 0.271. The molecule has 39 heavy (non-hydrogen) atoms. The van der Waals surface area contributed by atoms with Crippen molar-refractivity contribution in [2.45, 2.75) is 12.7 Å². The molecule has 0 unspecified atom stereocenters. The molecular formula is C27H24F4N6O2. The summed E-state index contributed by atoms with van der Waals surface area (Å²) in [5, 5.41) is 5.27. The van der Waals surface area contributed by atoms with Gasteiger partial charge in [0.15, 0.2) is 0 Å². The predicted octanol–water partition coefficient (Wildman–Crippen LogP) is 5.84. The average Bonchev–Trinajstić information content (AvgIpc) is 2.90. The van der Waals surface area contributed by atoms with E-state index in [2.05, 4.69) is 25.6 Å². The molecule has 0 radical (unpaired) electrons. The van der Waals surface area contributed by atoms with Crippen LogP contribution in [0.4, 0.5) is 29.2 Å². The van der Waals surface area contributed by atoms with Gasteiger partial charge in [-0.1, -0.05) is 6.07 Å². The molecule has 0 saturated heterocycles. The van der Waals surface area contributed by atoms with E-state index in [1.165, 1.54) is 18.3 Å². The second kappa shape index (κ2) is 11.4. The van der Waals surface area contributed by atoms with E-state index < -0.39 is 29.0 Å². The molecule has 12 heteroatoms. The number of amides is 1. The molecule has 2 N–H and O–H groups in total. The molecule has 1 amide bonds. The highest BCUT2D eigenvalue weighted by molar-refractivity contribution is 6.05. The lowest BCUT2D eigenvalue weighted by molar-refractivity contribution is -0.137. The standard InChI is InChI=1S/C27H24F4N6O2/c1-32-26-34-12-10-22(36-26)19-5-4-11-33-25(19)39-18-8-9-21(28)20(14-18)24(38)35-23-13-17(27(29,30)31)7-6-16(23)15-37(2)3/h4-14H,15H2,1-3H3,(H,35,38)(H,32,34,36). The first-order chi connectivity index (χ1) is 18.5. The molecule has 0 aliphatic heterocycles. The number of carbonyl (C=O) groups excluding carboxylic acids is 1. The molecule has 0 spiro atoms. The summed E-state index contributed by atoms with van der Waals surface area (Å²) in [6.45, 7) is 0.250. The summed E-state index contributed by atoms with van der Waals surface area (Å²) in [7, 11) is 5.14. The molecule has 4 rings (SSSR count). The van der Waals surface area contributed by atoms with Crippen molar-refractivity contribution in [1.29, 1.82) is 0 Å². The van der Waals surface area contributed by atoms with Gasteiger partial charge < -0.3 is 20.3 Å². The van der Waals surface area contributed by atoms with E-state index in [0.29, 0.717) is 22.8 Å². The van der Waals surface area contributed by atoms with E-state index in [4.69, 9.17) is 4.74 Å². The SMILES string of the molecule is CNc1nccc(-c2cccnc2Oc2ccc(F)c(C(=O)Nc3cc(C(F)(F)F)ccc3CN(C)C)c2)n1. The second-order valence-corrected chi connectivity index (χ2v) is 8.68. The van der Waals surface area contributed by atoms with Crippen molar-refractivity contribution in [2.24, 2.45) is 0 Å². The topological polar surface area (TPSA) is 92.3 Å². The third-order valence-corrected chi connectivity index (χ3v) is 5.50. The second-order valence-electron chi connectivity index (χ2n) is 8.68. The molecule has 0 fully saturated rings. The summed E-state index contributed by atoms with van der Waals surface area (Å²) in [4.78, 5) is 27.5. The molecule has 202 valence electrons. The Morgan fingerprint density at radius 2 is 1.82 bits per heavy atom. The zero-order valence-electron chi connectivity index (χ0n) is 21.2. The third kappa shape index (κ3) is 6.65. The summed E-state index contributed by atoms with van der Waals surface area (Å²) in [6, 6.07) is 11.6. The maximum atomic E-state index is 14.7. The molecule has 8 nitrogen and oxygen atoms in total. The lowest BCUT2D eigenvalue weighted by atomic mass is 10.1. The number of hydrogen-bond acceptors (Lipinski definition) is 7. The molecule has 4 aromatic rings. The van der Waals surface area contributed by atoms with Crippen LogP contribution in [-0.2, 0) is 12.7 Å². The van der Waals surface area contributed by atoms with Gasteiger partial charge in [-0.25, -0.2) is 19.3 Å². The van der Waals surface area contributed by atoms with E-state index in [0.717, 1.165) is 24.3 Å². The highest BCUT2D eigenvalue weighted by Gasteiger charge is 2.31. The maximum Gasteiger partial charge on any atom is 0.416 e. The van der Waals surface area contributed by atoms with Crippen LogP contribution in [0.2, 0.25) is 0 Å². The van der Waals surface area contributed by atoms with Crippen LogP contribution < -0.4 is 15.4 Å². The highest BCUT2D eigenvalue weighted by Crippen LogP contribution is 2.34. The molecule has 0 bridgehead atoms. The van der Waals surface area contributed by atoms with Gasteiger partial charge in [-0.05, 0) is 68.2 Å². The first-order valence-corrected chi connectivity index (χ1v) is 11.6. The van der Waals surface area contributed by atoms with Crippen LogP contribution in [0.5, 0.6) is 11.6 Å². The fraction of sp³-hybridized carbons (Fsp3) is 0.185. The van der Waals surface area contributed by atoms with Crippen molar-refractivity contribution in [1.82, 2.24) is 19.9 Å². The van der Waals surface area contributed by atoms with Crippen LogP contribution >= 0.6 is 0 Å². The Hall–Kier alpha value is -4.58.